The number of piperazine rings is 1. The number of thiophene rings is 1. The number of hydrogen-bond acceptors (Lipinski definition) is 6. The van der Waals surface area contributed by atoms with Crippen LogP contribution in [0.3, 0.4) is 0 Å². The molecule has 232 valence electrons. The lowest BCUT2D eigenvalue weighted by atomic mass is 9.95. The molecule has 0 aliphatic carbocycles. The molecule has 1 atom stereocenters. The zero-order chi connectivity index (χ0) is 31.4. The smallest absolute Gasteiger partial charge is 0.261 e. The minimum absolute atomic E-state index is 0.0864. The summed E-state index contributed by atoms with van der Waals surface area (Å²) in [5, 5.41) is 8.39. The topological polar surface area (TPSA) is 102 Å². The lowest BCUT2D eigenvalue weighted by Gasteiger charge is -2.35. The highest BCUT2D eigenvalue weighted by molar-refractivity contribution is 7.12. The van der Waals surface area contributed by atoms with Crippen LogP contribution in [0.2, 0.25) is 15.1 Å². The van der Waals surface area contributed by atoms with Crippen molar-refractivity contribution in [3.63, 3.8) is 0 Å². The molecule has 13 heteroatoms. The molecule has 4 amide bonds. The van der Waals surface area contributed by atoms with Gasteiger partial charge < -0.3 is 25.3 Å². The van der Waals surface area contributed by atoms with Gasteiger partial charge in [0.15, 0.2) is 0 Å². The van der Waals surface area contributed by atoms with Crippen molar-refractivity contribution in [2.75, 3.05) is 46.3 Å². The highest BCUT2D eigenvalue weighted by Crippen LogP contribution is 2.35. The van der Waals surface area contributed by atoms with Crippen LogP contribution in [0, 0.1) is 0 Å². The van der Waals surface area contributed by atoms with Crippen molar-refractivity contribution in [2.24, 2.45) is 0 Å². The summed E-state index contributed by atoms with van der Waals surface area (Å²) in [6.07, 6.45) is 0.624. The molecule has 0 spiro atoms. The molecule has 2 aliphatic heterocycles. The molecular formula is C31H32Cl3N5O4S. The number of likely N-dealkylation sites (N-methyl/N-ethyl adjacent to an activating group) is 1. The first kappa shape index (κ1) is 32.2. The van der Waals surface area contributed by atoms with Crippen molar-refractivity contribution in [3.8, 4) is 0 Å². The average molecular weight is 677 g/mol. The van der Waals surface area contributed by atoms with Crippen molar-refractivity contribution >= 4 is 69.8 Å². The Bertz CT molecular complexity index is 1540. The highest BCUT2D eigenvalue weighted by atomic mass is 35.5. The number of carbonyl (C=O) groups excluding carboxylic acids is 4. The van der Waals surface area contributed by atoms with Gasteiger partial charge >= 0.3 is 0 Å². The van der Waals surface area contributed by atoms with Gasteiger partial charge in [0.2, 0.25) is 5.91 Å². The van der Waals surface area contributed by atoms with Crippen molar-refractivity contribution in [2.45, 2.75) is 25.4 Å². The molecule has 1 saturated heterocycles. The third-order valence-electron chi connectivity index (χ3n) is 7.89. The molecule has 2 aliphatic rings. The van der Waals surface area contributed by atoms with Crippen LogP contribution in [-0.2, 0) is 17.8 Å². The molecule has 0 radical (unpaired) electrons. The van der Waals surface area contributed by atoms with Crippen LogP contribution < -0.4 is 10.6 Å². The Morgan fingerprint density at radius 1 is 0.932 bits per heavy atom. The summed E-state index contributed by atoms with van der Waals surface area (Å²) in [5.41, 5.74) is 2.11. The minimum Gasteiger partial charge on any atom is -0.351 e. The largest absolute Gasteiger partial charge is 0.351 e. The fraction of sp³-hybridized carbons (Fsp3) is 0.355. The summed E-state index contributed by atoms with van der Waals surface area (Å²) in [6, 6.07) is 11.0. The van der Waals surface area contributed by atoms with Gasteiger partial charge in [0.25, 0.3) is 17.7 Å². The van der Waals surface area contributed by atoms with Gasteiger partial charge in [-0.3, -0.25) is 19.2 Å². The van der Waals surface area contributed by atoms with E-state index in [2.05, 4.69) is 15.5 Å². The number of amides is 4. The van der Waals surface area contributed by atoms with E-state index in [1.807, 2.05) is 12.4 Å². The maximum Gasteiger partial charge on any atom is 0.261 e. The lowest BCUT2D eigenvalue weighted by Crippen LogP contribution is -2.55. The Kier molecular flexibility index (Phi) is 10.5. The zero-order valence-electron chi connectivity index (χ0n) is 24.1. The van der Waals surface area contributed by atoms with E-state index in [-0.39, 0.29) is 52.8 Å². The zero-order valence-corrected chi connectivity index (χ0v) is 27.2. The Morgan fingerprint density at radius 3 is 2.34 bits per heavy atom. The minimum atomic E-state index is -0.898. The maximum absolute atomic E-state index is 13.7. The molecule has 5 rings (SSSR count). The van der Waals surface area contributed by atoms with Gasteiger partial charge in [-0.25, -0.2) is 0 Å². The molecule has 0 bridgehead atoms. The van der Waals surface area contributed by atoms with Crippen LogP contribution in [0.15, 0.2) is 47.8 Å². The fourth-order valence-electron chi connectivity index (χ4n) is 5.37. The highest BCUT2D eigenvalue weighted by Gasteiger charge is 2.32. The van der Waals surface area contributed by atoms with Gasteiger partial charge in [-0.05, 0) is 72.8 Å². The number of nitrogens with one attached hydrogen (secondary N) is 2. The summed E-state index contributed by atoms with van der Waals surface area (Å²) in [4.78, 5) is 58.9. The summed E-state index contributed by atoms with van der Waals surface area (Å²) < 4.78 is 0. The predicted molar refractivity (Wildman–Crippen MR) is 173 cm³/mol. The molecule has 1 aromatic heterocycles. The van der Waals surface area contributed by atoms with Crippen LogP contribution in [0.25, 0.3) is 0 Å². The normalized spacial score (nSPS) is 15.8. The van der Waals surface area contributed by atoms with E-state index in [0.717, 1.165) is 24.2 Å². The summed E-state index contributed by atoms with van der Waals surface area (Å²) >= 11 is 20.7. The number of benzene rings is 2. The molecule has 2 aromatic carbocycles. The second-order valence-electron chi connectivity index (χ2n) is 10.8. The molecule has 44 heavy (non-hydrogen) atoms. The molecule has 0 unspecified atom stereocenters. The van der Waals surface area contributed by atoms with E-state index in [0.29, 0.717) is 41.5 Å². The van der Waals surface area contributed by atoms with Gasteiger partial charge in [0.05, 0.1) is 20.5 Å². The number of rotatable bonds is 8. The number of hydrogen-bond donors (Lipinski definition) is 2. The Hall–Kier alpha value is -3.15. The van der Waals surface area contributed by atoms with Crippen molar-refractivity contribution < 1.29 is 19.2 Å². The molecule has 3 aromatic rings. The van der Waals surface area contributed by atoms with Crippen LogP contribution in [-0.4, -0.2) is 90.7 Å². The maximum atomic E-state index is 13.7. The molecule has 0 saturated carbocycles. The van der Waals surface area contributed by atoms with Crippen LogP contribution in [0.4, 0.5) is 0 Å². The van der Waals surface area contributed by atoms with Crippen molar-refractivity contribution in [1.82, 2.24) is 25.3 Å². The first-order chi connectivity index (χ1) is 21.1. The third-order valence-corrected chi connectivity index (χ3v) is 9.73. The van der Waals surface area contributed by atoms with E-state index in [1.54, 1.807) is 52.3 Å². The monoisotopic (exact) mass is 675 g/mol. The SMILES string of the molecule is CN1CCN(C(=O)[C@H](CCNC(=O)c2cccs2)NC(=O)c2c(Cl)cc3c(c2Cl)CCN(C(=O)c2ccc(Cl)cc2)C3)CC1. The Labute approximate surface area is 275 Å². The first-order valence-corrected chi connectivity index (χ1v) is 16.3. The predicted octanol–water partition coefficient (Wildman–Crippen LogP) is 4.60. The van der Waals surface area contributed by atoms with Gasteiger partial charge in [0, 0.05) is 56.4 Å². The molecule has 3 heterocycles. The van der Waals surface area contributed by atoms with E-state index in [9.17, 15) is 19.2 Å². The molecule has 9 nitrogen and oxygen atoms in total. The average Bonchev–Trinajstić information content (AvgIpc) is 3.56. The number of fused-ring (bicyclic) bond motifs is 1. The summed E-state index contributed by atoms with van der Waals surface area (Å²) in [6.45, 7) is 3.40. The van der Waals surface area contributed by atoms with Gasteiger partial charge in [-0.15, -0.1) is 11.3 Å². The van der Waals surface area contributed by atoms with Crippen LogP contribution in [0.5, 0.6) is 0 Å². The number of nitrogens with zero attached hydrogens (tertiary/aromatic N) is 3. The van der Waals surface area contributed by atoms with Gasteiger partial charge in [-0.1, -0.05) is 40.9 Å². The second kappa shape index (κ2) is 14.3. The van der Waals surface area contributed by atoms with Crippen molar-refractivity contribution in [3.05, 3.63) is 90.0 Å². The van der Waals surface area contributed by atoms with E-state index in [1.165, 1.54) is 11.3 Å². The standard InChI is InChI=1S/C31H32Cl3N5O4S/c1-37-12-14-38(15-13-37)31(43)24(8-10-35-28(40)25-3-2-16-44-25)36-29(41)26-23(33)17-20-18-39(11-9-22(20)27(26)34)30(42)19-4-6-21(32)7-5-19/h2-7,16-17,24H,8-15,18H2,1H3,(H,35,40)(H,36,41)/t24-/m0/s1. The van der Waals surface area contributed by atoms with E-state index in [4.69, 9.17) is 34.8 Å². The van der Waals surface area contributed by atoms with Gasteiger partial charge in [0.1, 0.15) is 6.04 Å². The van der Waals surface area contributed by atoms with E-state index < -0.39 is 11.9 Å². The fourth-order valence-corrected chi connectivity index (χ4v) is 6.90. The van der Waals surface area contributed by atoms with Gasteiger partial charge in [-0.2, -0.15) is 0 Å². The van der Waals surface area contributed by atoms with Crippen LogP contribution in [0.1, 0.15) is 47.9 Å². The van der Waals surface area contributed by atoms with Crippen LogP contribution >= 0.6 is 46.1 Å². The quantitative estimate of drug-likeness (QED) is 0.363. The summed E-state index contributed by atoms with van der Waals surface area (Å²) in [7, 11) is 1.99. The second-order valence-corrected chi connectivity index (χ2v) is 13.0. The Morgan fingerprint density at radius 2 is 1.66 bits per heavy atom. The molecular weight excluding hydrogens is 645 g/mol. The van der Waals surface area contributed by atoms with Crippen molar-refractivity contribution in [1.29, 1.82) is 0 Å². The first-order valence-electron chi connectivity index (χ1n) is 14.3. The molecule has 1 fully saturated rings. The summed E-state index contributed by atoms with van der Waals surface area (Å²) in [5.74, 6) is -1.17. The van der Waals surface area contributed by atoms with E-state index >= 15 is 0 Å². The number of halogens is 3. The number of carbonyl (C=O) groups is 4. The Balaban J connectivity index is 1.31. The third kappa shape index (κ3) is 7.38. The molecule has 2 N–H and O–H groups in total. The lowest BCUT2D eigenvalue weighted by molar-refractivity contribution is -0.135.